The first kappa shape index (κ1) is 25.0. The van der Waals surface area contributed by atoms with E-state index >= 15 is 0 Å². The number of carbonyl (C=O) groups is 1. The number of halogens is 2. The highest BCUT2D eigenvalue weighted by molar-refractivity contribution is 6.31. The SMILES string of the molecule is CNc1c(Nc2cc(Cl)ccc2OCC(=O)N2CCN(Cc3ccc(Cl)cc3)C[C@H]2C)c(=O)c1=O. The van der Waals surface area contributed by atoms with Crippen molar-refractivity contribution >= 4 is 46.2 Å². The Labute approximate surface area is 213 Å². The lowest BCUT2D eigenvalue weighted by Gasteiger charge is -2.40. The molecule has 4 rings (SSSR count). The van der Waals surface area contributed by atoms with Crippen molar-refractivity contribution < 1.29 is 9.53 Å². The van der Waals surface area contributed by atoms with Crippen LogP contribution in [0.5, 0.6) is 5.75 Å². The number of amides is 1. The third-order valence-corrected chi connectivity index (χ3v) is 6.55. The van der Waals surface area contributed by atoms with Crippen LogP contribution in [0.4, 0.5) is 17.1 Å². The van der Waals surface area contributed by atoms with E-state index in [0.717, 1.165) is 19.6 Å². The molecule has 0 radical (unpaired) electrons. The second-order valence-electron chi connectivity index (χ2n) is 8.51. The maximum Gasteiger partial charge on any atom is 0.260 e. The summed E-state index contributed by atoms with van der Waals surface area (Å²) in [6.07, 6.45) is 0. The quantitative estimate of drug-likeness (QED) is 0.442. The number of nitrogens with one attached hydrogen (secondary N) is 2. The zero-order valence-electron chi connectivity index (χ0n) is 19.4. The van der Waals surface area contributed by atoms with E-state index in [0.29, 0.717) is 28.0 Å². The van der Waals surface area contributed by atoms with E-state index in [4.69, 9.17) is 27.9 Å². The molecular formula is C25H26Cl2N4O4. The standard InChI is InChI=1S/C25H26Cl2N4O4/c1-15-12-30(13-16-3-5-17(26)6-4-16)9-10-31(15)21(32)14-35-20-8-7-18(27)11-19(20)29-23-22(28-2)24(33)25(23)34/h3-8,11,15,28-29H,9-10,12-14H2,1-2H3/t15-/m1/s1. The molecule has 3 aromatic rings. The second kappa shape index (κ2) is 10.7. The minimum absolute atomic E-state index is 0.0249. The highest BCUT2D eigenvalue weighted by atomic mass is 35.5. The van der Waals surface area contributed by atoms with Gasteiger partial charge in [0.15, 0.2) is 6.61 Å². The number of piperazine rings is 1. The molecule has 35 heavy (non-hydrogen) atoms. The van der Waals surface area contributed by atoms with Crippen LogP contribution in [0.1, 0.15) is 12.5 Å². The number of anilines is 3. The van der Waals surface area contributed by atoms with Crippen LogP contribution in [0.3, 0.4) is 0 Å². The molecule has 1 heterocycles. The Hall–Kier alpha value is -3.07. The maximum absolute atomic E-state index is 12.9. The van der Waals surface area contributed by atoms with Crippen LogP contribution < -0.4 is 26.2 Å². The largest absolute Gasteiger partial charge is 0.482 e. The molecule has 0 saturated carbocycles. The minimum Gasteiger partial charge on any atom is -0.482 e. The molecule has 1 fully saturated rings. The number of hydrogen-bond donors (Lipinski definition) is 2. The summed E-state index contributed by atoms with van der Waals surface area (Å²) < 4.78 is 5.81. The number of benzene rings is 2. The van der Waals surface area contributed by atoms with Gasteiger partial charge in [0.1, 0.15) is 17.1 Å². The molecule has 2 N–H and O–H groups in total. The summed E-state index contributed by atoms with van der Waals surface area (Å²) in [6.45, 7) is 4.75. The third-order valence-electron chi connectivity index (χ3n) is 6.06. The molecule has 10 heteroatoms. The van der Waals surface area contributed by atoms with Crippen molar-refractivity contribution in [3.05, 3.63) is 78.5 Å². The number of nitrogens with zero attached hydrogens (tertiary/aromatic N) is 2. The Balaban J connectivity index is 1.36. The average molecular weight is 517 g/mol. The van der Waals surface area contributed by atoms with Crippen molar-refractivity contribution in [1.29, 1.82) is 0 Å². The lowest BCUT2D eigenvalue weighted by molar-refractivity contribution is -0.137. The van der Waals surface area contributed by atoms with Gasteiger partial charge in [-0.2, -0.15) is 0 Å². The molecule has 8 nitrogen and oxygen atoms in total. The van der Waals surface area contributed by atoms with E-state index in [1.807, 2.05) is 36.1 Å². The summed E-state index contributed by atoms with van der Waals surface area (Å²) in [5, 5.41) is 6.75. The van der Waals surface area contributed by atoms with Gasteiger partial charge in [-0.3, -0.25) is 19.3 Å². The fourth-order valence-corrected chi connectivity index (χ4v) is 4.53. The summed E-state index contributed by atoms with van der Waals surface area (Å²) in [4.78, 5) is 40.7. The van der Waals surface area contributed by atoms with Crippen LogP contribution in [0.2, 0.25) is 10.0 Å². The summed E-state index contributed by atoms with van der Waals surface area (Å²) in [7, 11) is 1.56. The predicted octanol–water partition coefficient (Wildman–Crippen LogP) is 3.49. The zero-order chi connectivity index (χ0) is 25.1. The fraction of sp³-hybridized carbons (Fsp3) is 0.320. The van der Waals surface area contributed by atoms with Crippen LogP contribution in [0.15, 0.2) is 52.1 Å². The van der Waals surface area contributed by atoms with Gasteiger partial charge in [0.05, 0.1) is 5.69 Å². The lowest BCUT2D eigenvalue weighted by Crippen LogP contribution is -2.54. The molecule has 0 unspecified atom stereocenters. The van der Waals surface area contributed by atoms with E-state index < -0.39 is 10.9 Å². The van der Waals surface area contributed by atoms with Crippen LogP contribution >= 0.6 is 23.2 Å². The Morgan fingerprint density at radius 3 is 2.40 bits per heavy atom. The van der Waals surface area contributed by atoms with Crippen LogP contribution in [0, 0.1) is 0 Å². The van der Waals surface area contributed by atoms with Gasteiger partial charge in [0, 0.05) is 49.3 Å². The Morgan fingerprint density at radius 2 is 1.71 bits per heavy atom. The van der Waals surface area contributed by atoms with Gasteiger partial charge in [-0.25, -0.2) is 0 Å². The third kappa shape index (κ3) is 5.61. The molecule has 0 spiro atoms. The van der Waals surface area contributed by atoms with E-state index in [1.54, 1.807) is 25.2 Å². The molecular weight excluding hydrogens is 491 g/mol. The molecule has 1 aliphatic rings. The molecule has 0 aliphatic carbocycles. The Kier molecular flexibility index (Phi) is 7.64. The van der Waals surface area contributed by atoms with Gasteiger partial charge in [0.2, 0.25) is 0 Å². The van der Waals surface area contributed by atoms with Gasteiger partial charge in [-0.15, -0.1) is 0 Å². The topological polar surface area (TPSA) is 91.0 Å². The predicted molar refractivity (Wildman–Crippen MR) is 139 cm³/mol. The normalized spacial score (nSPS) is 16.3. The van der Waals surface area contributed by atoms with E-state index in [2.05, 4.69) is 15.5 Å². The average Bonchev–Trinajstić information content (AvgIpc) is 2.84. The van der Waals surface area contributed by atoms with E-state index in [1.165, 1.54) is 5.56 Å². The van der Waals surface area contributed by atoms with Crippen LogP contribution in [-0.4, -0.2) is 55.0 Å². The van der Waals surface area contributed by atoms with Gasteiger partial charge >= 0.3 is 0 Å². The summed E-state index contributed by atoms with van der Waals surface area (Å²) in [5.41, 5.74) is 0.703. The van der Waals surface area contributed by atoms with Crippen molar-refractivity contribution in [2.75, 3.05) is 43.9 Å². The molecule has 0 bridgehead atoms. The number of rotatable bonds is 8. The van der Waals surface area contributed by atoms with Crippen molar-refractivity contribution in [3.8, 4) is 5.75 Å². The molecule has 1 amide bonds. The summed E-state index contributed by atoms with van der Waals surface area (Å²) in [5.74, 6) is 0.224. The van der Waals surface area contributed by atoms with Gasteiger partial charge in [-0.1, -0.05) is 35.3 Å². The minimum atomic E-state index is -0.623. The van der Waals surface area contributed by atoms with Gasteiger partial charge < -0.3 is 20.3 Å². The zero-order valence-corrected chi connectivity index (χ0v) is 20.9. The van der Waals surface area contributed by atoms with Crippen molar-refractivity contribution in [3.63, 3.8) is 0 Å². The molecule has 1 aliphatic heterocycles. The highest BCUT2D eigenvalue weighted by Gasteiger charge is 2.28. The molecule has 3 aromatic carbocycles. The smallest absolute Gasteiger partial charge is 0.260 e. The fourth-order valence-electron chi connectivity index (χ4n) is 4.23. The van der Waals surface area contributed by atoms with Gasteiger partial charge in [-0.05, 0) is 42.8 Å². The monoisotopic (exact) mass is 516 g/mol. The first-order valence-corrected chi connectivity index (χ1v) is 12.0. The number of ether oxygens (including phenoxy) is 1. The summed E-state index contributed by atoms with van der Waals surface area (Å²) in [6, 6.07) is 12.6. The molecule has 1 atom stereocenters. The van der Waals surface area contributed by atoms with Crippen LogP contribution in [0.25, 0.3) is 0 Å². The van der Waals surface area contributed by atoms with Crippen molar-refractivity contribution in [2.45, 2.75) is 19.5 Å². The Bertz CT molecular complexity index is 1290. The number of hydrogen-bond acceptors (Lipinski definition) is 7. The first-order chi connectivity index (χ1) is 16.8. The summed E-state index contributed by atoms with van der Waals surface area (Å²) >= 11 is 12.1. The maximum atomic E-state index is 12.9. The molecule has 184 valence electrons. The van der Waals surface area contributed by atoms with Crippen molar-refractivity contribution in [1.82, 2.24) is 9.80 Å². The van der Waals surface area contributed by atoms with E-state index in [-0.39, 0.29) is 29.9 Å². The molecule has 0 aromatic heterocycles. The van der Waals surface area contributed by atoms with Gasteiger partial charge in [0.25, 0.3) is 16.8 Å². The number of carbonyl (C=O) groups excluding carboxylic acids is 1. The Morgan fingerprint density at radius 1 is 1.03 bits per heavy atom. The highest BCUT2D eigenvalue weighted by Crippen LogP contribution is 2.32. The van der Waals surface area contributed by atoms with Crippen LogP contribution in [-0.2, 0) is 11.3 Å². The lowest BCUT2D eigenvalue weighted by atomic mass is 10.1. The second-order valence-corrected chi connectivity index (χ2v) is 9.38. The first-order valence-electron chi connectivity index (χ1n) is 11.2. The van der Waals surface area contributed by atoms with E-state index in [9.17, 15) is 14.4 Å². The van der Waals surface area contributed by atoms with Crippen molar-refractivity contribution in [2.24, 2.45) is 0 Å². The molecule has 1 saturated heterocycles.